The van der Waals surface area contributed by atoms with Crippen molar-refractivity contribution in [2.45, 2.75) is 32.7 Å². The highest BCUT2D eigenvalue weighted by atomic mass is 16.6. The van der Waals surface area contributed by atoms with Crippen LogP contribution in [0.5, 0.6) is 0 Å². The maximum atomic E-state index is 12.3. The Morgan fingerprint density at radius 1 is 1.30 bits per heavy atom. The number of aryl methyl sites for hydroxylation is 1. The van der Waals surface area contributed by atoms with Crippen LogP contribution in [0.2, 0.25) is 0 Å². The first-order valence-electron chi connectivity index (χ1n) is 9.36. The zero-order valence-corrected chi connectivity index (χ0v) is 16.6. The number of ether oxygens (including phenoxy) is 1. The molecule has 0 bridgehead atoms. The number of likely N-dealkylation sites (N-methyl/N-ethyl adjacent to an activating group) is 1. The van der Waals surface area contributed by atoms with Crippen LogP contribution in [-0.2, 0) is 4.74 Å². The molecule has 9 heteroatoms. The van der Waals surface area contributed by atoms with Crippen molar-refractivity contribution in [3.63, 3.8) is 0 Å². The molecule has 1 aliphatic heterocycles. The largest absolute Gasteiger partial charge is 0.450 e. The van der Waals surface area contributed by atoms with E-state index >= 15 is 0 Å². The van der Waals surface area contributed by atoms with Crippen molar-refractivity contribution in [1.29, 1.82) is 0 Å². The second-order valence-corrected chi connectivity index (χ2v) is 6.88. The Balaban J connectivity index is 1.91. The number of amides is 2. The Kier molecular flexibility index (Phi) is 7.78. The number of carbonyl (C=O) groups is 2. The topological polar surface area (TPSA) is 99.7 Å². The molecule has 1 aliphatic rings. The minimum Gasteiger partial charge on any atom is -0.450 e. The van der Waals surface area contributed by atoms with Crippen molar-refractivity contribution in [2.24, 2.45) is 0 Å². The summed E-state index contributed by atoms with van der Waals surface area (Å²) in [5.41, 5.74) is 1.09. The molecule has 2 heterocycles. The fourth-order valence-corrected chi connectivity index (χ4v) is 2.84. The van der Waals surface area contributed by atoms with Gasteiger partial charge < -0.3 is 25.2 Å². The van der Waals surface area contributed by atoms with Gasteiger partial charge in [0.2, 0.25) is 5.95 Å². The molecule has 1 aromatic heterocycles. The van der Waals surface area contributed by atoms with Crippen LogP contribution in [-0.4, -0.2) is 84.7 Å². The van der Waals surface area contributed by atoms with Gasteiger partial charge in [-0.1, -0.05) is 0 Å². The van der Waals surface area contributed by atoms with E-state index in [4.69, 9.17) is 4.74 Å². The Morgan fingerprint density at radius 3 is 2.63 bits per heavy atom. The lowest BCUT2D eigenvalue weighted by molar-refractivity contribution is 0.0943. The van der Waals surface area contributed by atoms with Crippen molar-refractivity contribution in [1.82, 2.24) is 25.1 Å². The molecule has 0 aromatic carbocycles. The fourth-order valence-electron chi connectivity index (χ4n) is 2.84. The van der Waals surface area contributed by atoms with Gasteiger partial charge in [-0.25, -0.2) is 14.8 Å². The zero-order chi connectivity index (χ0) is 19.8. The molecule has 27 heavy (non-hydrogen) atoms. The molecule has 0 atom stereocenters. The number of nitrogens with zero attached hydrogens (tertiary/aromatic N) is 4. The van der Waals surface area contributed by atoms with Crippen LogP contribution in [0.25, 0.3) is 0 Å². The summed E-state index contributed by atoms with van der Waals surface area (Å²) in [5, 5.41) is 6.16. The smallest absolute Gasteiger partial charge is 0.409 e. The highest BCUT2D eigenvalue weighted by molar-refractivity contribution is 5.92. The number of anilines is 1. The monoisotopic (exact) mass is 378 g/mol. The Bertz CT molecular complexity index is 644. The van der Waals surface area contributed by atoms with E-state index in [0.29, 0.717) is 37.9 Å². The summed E-state index contributed by atoms with van der Waals surface area (Å²) in [6.45, 7) is 6.60. The summed E-state index contributed by atoms with van der Waals surface area (Å²) in [5.74, 6) is 0.241. The third kappa shape index (κ3) is 6.67. The third-order valence-electron chi connectivity index (χ3n) is 4.29. The minimum atomic E-state index is -0.264. The number of carbonyl (C=O) groups excluding carboxylic acids is 2. The van der Waals surface area contributed by atoms with Crippen LogP contribution in [0.4, 0.5) is 10.7 Å². The van der Waals surface area contributed by atoms with Gasteiger partial charge in [0, 0.05) is 37.9 Å². The van der Waals surface area contributed by atoms with Crippen LogP contribution in [0.15, 0.2) is 6.07 Å². The van der Waals surface area contributed by atoms with Gasteiger partial charge in [-0.05, 0) is 46.9 Å². The van der Waals surface area contributed by atoms with Gasteiger partial charge in [0.1, 0.15) is 5.69 Å². The number of hydrogen-bond donors (Lipinski definition) is 2. The molecule has 1 fully saturated rings. The summed E-state index contributed by atoms with van der Waals surface area (Å²) >= 11 is 0. The average Bonchev–Trinajstić information content (AvgIpc) is 2.61. The summed E-state index contributed by atoms with van der Waals surface area (Å²) < 4.78 is 5.03. The van der Waals surface area contributed by atoms with Crippen molar-refractivity contribution in [2.75, 3.05) is 52.2 Å². The van der Waals surface area contributed by atoms with Crippen molar-refractivity contribution in [3.05, 3.63) is 17.5 Å². The summed E-state index contributed by atoms with van der Waals surface area (Å²) in [6.07, 6.45) is 1.29. The van der Waals surface area contributed by atoms with Crippen molar-refractivity contribution < 1.29 is 14.3 Å². The Hall–Kier alpha value is -2.42. The average molecular weight is 378 g/mol. The predicted molar refractivity (Wildman–Crippen MR) is 103 cm³/mol. The molecule has 150 valence electrons. The first-order valence-corrected chi connectivity index (χ1v) is 9.36. The standard InChI is InChI=1S/C18H30N6O3/c1-5-27-18(26)24-9-6-14(7-10-24)21-17-20-13(2)12-15(22-17)16(25)19-8-11-23(3)4/h12,14H,5-11H2,1-4H3,(H,19,25)(H,20,21,22). The van der Waals surface area contributed by atoms with Crippen LogP contribution >= 0.6 is 0 Å². The second kappa shape index (κ2) is 10.1. The molecular weight excluding hydrogens is 348 g/mol. The lowest BCUT2D eigenvalue weighted by Crippen LogP contribution is -2.42. The molecule has 2 amide bonds. The SMILES string of the molecule is CCOC(=O)N1CCC(Nc2nc(C)cc(C(=O)NCCN(C)C)n2)CC1. The van der Waals surface area contributed by atoms with E-state index in [9.17, 15) is 9.59 Å². The van der Waals surface area contributed by atoms with Crippen LogP contribution in [0.3, 0.4) is 0 Å². The number of rotatable bonds is 7. The summed E-state index contributed by atoms with van der Waals surface area (Å²) in [6, 6.07) is 1.83. The second-order valence-electron chi connectivity index (χ2n) is 6.88. The van der Waals surface area contributed by atoms with Gasteiger partial charge in [-0.3, -0.25) is 4.79 Å². The van der Waals surface area contributed by atoms with Gasteiger partial charge >= 0.3 is 6.09 Å². The molecule has 1 saturated heterocycles. The molecule has 1 aromatic rings. The van der Waals surface area contributed by atoms with E-state index in [1.165, 1.54) is 0 Å². The van der Waals surface area contributed by atoms with Crippen LogP contribution < -0.4 is 10.6 Å². The molecule has 2 N–H and O–H groups in total. The van der Waals surface area contributed by atoms with Gasteiger partial charge in [0.25, 0.3) is 5.91 Å². The first-order chi connectivity index (χ1) is 12.9. The highest BCUT2D eigenvalue weighted by Gasteiger charge is 2.24. The van der Waals surface area contributed by atoms with Gasteiger partial charge in [0.15, 0.2) is 0 Å². The molecule has 0 aliphatic carbocycles. The molecule has 0 saturated carbocycles. The number of likely N-dealkylation sites (tertiary alicyclic amines) is 1. The van der Waals surface area contributed by atoms with Crippen molar-refractivity contribution >= 4 is 17.9 Å². The van der Waals surface area contributed by atoms with Crippen LogP contribution in [0, 0.1) is 6.92 Å². The molecule has 0 spiro atoms. The number of nitrogens with one attached hydrogen (secondary N) is 2. The lowest BCUT2D eigenvalue weighted by atomic mass is 10.1. The summed E-state index contributed by atoms with van der Waals surface area (Å²) in [4.78, 5) is 36.5. The molecule has 0 radical (unpaired) electrons. The van der Waals surface area contributed by atoms with E-state index in [1.54, 1.807) is 17.9 Å². The maximum absolute atomic E-state index is 12.3. The van der Waals surface area contributed by atoms with E-state index in [1.807, 2.05) is 25.9 Å². The van der Waals surface area contributed by atoms with E-state index in [2.05, 4.69) is 20.6 Å². The van der Waals surface area contributed by atoms with E-state index < -0.39 is 0 Å². The Labute approximate surface area is 160 Å². The number of aromatic nitrogens is 2. The maximum Gasteiger partial charge on any atom is 0.409 e. The van der Waals surface area contributed by atoms with Crippen LogP contribution in [0.1, 0.15) is 35.9 Å². The zero-order valence-electron chi connectivity index (χ0n) is 16.6. The quantitative estimate of drug-likeness (QED) is 0.733. The van der Waals surface area contributed by atoms with Gasteiger partial charge in [-0.15, -0.1) is 0 Å². The summed E-state index contributed by atoms with van der Waals surface area (Å²) in [7, 11) is 3.91. The first kappa shape index (κ1) is 20.9. The highest BCUT2D eigenvalue weighted by Crippen LogP contribution is 2.16. The van der Waals surface area contributed by atoms with Gasteiger partial charge in [-0.2, -0.15) is 0 Å². The van der Waals surface area contributed by atoms with Crippen molar-refractivity contribution in [3.8, 4) is 0 Å². The third-order valence-corrected chi connectivity index (χ3v) is 4.29. The predicted octanol–water partition coefficient (Wildman–Crippen LogP) is 1.11. The molecule has 0 unspecified atom stereocenters. The normalized spacial score (nSPS) is 14.9. The molecular formula is C18H30N6O3. The number of hydrogen-bond acceptors (Lipinski definition) is 7. The lowest BCUT2D eigenvalue weighted by Gasteiger charge is -2.31. The fraction of sp³-hybridized carbons (Fsp3) is 0.667. The number of piperidine rings is 1. The Morgan fingerprint density at radius 2 is 2.00 bits per heavy atom. The molecule has 2 rings (SSSR count). The van der Waals surface area contributed by atoms with E-state index in [0.717, 1.165) is 25.1 Å². The molecule has 9 nitrogen and oxygen atoms in total. The van der Waals surface area contributed by atoms with E-state index in [-0.39, 0.29) is 18.0 Å². The minimum absolute atomic E-state index is 0.155. The van der Waals surface area contributed by atoms with Gasteiger partial charge in [0.05, 0.1) is 6.61 Å².